The first-order chi connectivity index (χ1) is 22.7. The lowest BCUT2D eigenvalue weighted by molar-refractivity contribution is -0.202. The number of ketones is 1. The number of aliphatic hydroxyl groups is 1. The zero-order valence-electron chi connectivity index (χ0n) is 29.8. The van der Waals surface area contributed by atoms with Gasteiger partial charge < -0.3 is 14.6 Å². The molecule has 256 valence electrons. The van der Waals surface area contributed by atoms with Crippen LogP contribution >= 0.6 is 0 Å². The van der Waals surface area contributed by atoms with Crippen LogP contribution in [-0.4, -0.2) is 29.2 Å². The van der Waals surface area contributed by atoms with Crippen molar-refractivity contribution in [2.75, 3.05) is 0 Å². The number of esters is 1. The molecule has 4 fully saturated rings. The molecule has 0 aliphatic heterocycles. The maximum absolute atomic E-state index is 14.7. The molecule has 48 heavy (non-hydrogen) atoms. The van der Waals surface area contributed by atoms with Crippen molar-refractivity contribution in [2.45, 2.75) is 112 Å². The molecule has 0 saturated heterocycles. The maximum Gasteiger partial charge on any atom is 0.312 e. The fourth-order valence-corrected chi connectivity index (χ4v) is 12.1. The van der Waals surface area contributed by atoms with E-state index in [2.05, 4.69) is 34.6 Å². The van der Waals surface area contributed by atoms with Crippen molar-refractivity contribution in [3.8, 4) is 0 Å². The van der Waals surface area contributed by atoms with Gasteiger partial charge in [0.05, 0.1) is 16.9 Å². The summed E-state index contributed by atoms with van der Waals surface area (Å²) < 4.78 is 6.50. The minimum absolute atomic E-state index is 0.0129. The van der Waals surface area contributed by atoms with Crippen molar-refractivity contribution in [3.63, 3.8) is 0 Å². The summed E-state index contributed by atoms with van der Waals surface area (Å²) in [5.74, 6) is -0.103. The second kappa shape index (κ2) is 11.2. The summed E-state index contributed by atoms with van der Waals surface area (Å²) in [6.45, 7) is 13.4. The molecule has 5 aliphatic carbocycles. The number of fused-ring (bicyclic) bond motifs is 7. The average molecular weight is 651 g/mol. The minimum Gasteiger partial charge on any atom is -0.452 e. The van der Waals surface area contributed by atoms with E-state index in [1.165, 1.54) is 5.57 Å². The molecular weight excluding hydrogens is 596 g/mol. The Labute approximate surface area is 286 Å². The summed E-state index contributed by atoms with van der Waals surface area (Å²) in [6, 6.07) is 20.0. The minimum atomic E-state index is -0.840. The number of rotatable bonds is 5. The molecule has 0 heterocycles. The molecule has 0 unspecified atom stereocenters. The van der Waals surface area contributed by atoms with E-state index < -0.39 is 23.0 Å². The van der Waals surface area contributed by atoms with Crippen LogP contribution in [0.3, 0.4) is 0 Å². The third-order valence-corrected chi connectivity index (χ3v) is 15.4. The number of aldehydes is 1. The molecule has 2 aromatic rings. The van der Waals surface area contributed by atoms with Crippen LogP contribution in [0.15, 0.2) is 72.3 Å². The first-order valence-electron chi connectivity index (χ1n) is 18.4. The Morgan fingerprint density at radius 3 is 2.04 bits per heavy atom. The number of benzene rings is 2. The second-order valence-electron chi connectivity index (χ2n) is 17.9. The van der Waals surface area contributed by atoms with E-state index in [1.54, 1.807) is 0 Å². The zero-order valence-corrected chi connectivity index (χ0v) is 29.8. The van der Waals surface area contributed by atoms with Crippen LogP contribution in [0.2, 0.25) is 0 Å². The van der Waals surface area contributed by atoms with Gasteiger partial charge in [-0.15, -0.1) is 0 Å². The molecule has 1 N–H and O–H groups in total. The highest BCUT2D eigenvalue weighted by atomic mass is 16.5. The smallest absolute Gasteiger partial charge is 0.312 e. The van der Waals surface area contributed by atoms with Crippen LogP contribution in [0, 0.1) is 50.2 Å². The third kappa shape index (κ3) is 4.62. The Morgan fingerprint density at radius 2 is 1.44 bits per heavy atom. The van der Waals surface area contributed by atoms with Gasteiger partial charge in [0.1, 0.15) is 6.29 Å². The lowest BCUT2D eigenvalue weighted by Crippen LogP contribution is -2.67. The highest BCUT2D eigenvalue weighted by molar-refractivity contribution is 5.96. The van der Waals surface area contributed by atoms with E-state index in [0.717, 1.165) is 62.4 Å². The Morgan fingerprint density at radius 1 is 0.833 bits per heavy atom. The van der Waals surface area contributed by atoms with E-state index in [9.17, 15) is 19.5 Å². The normalized spacial score (nSPS) is 43.6. The Bertz CT molecular complexity index is 1590. The molecule has 2 aromatic carbocycles. The Hall–Kier alpha value is -3.05. The number of hydrogen-bond acceptors (Lipinski definition) is 5. The number of aliphatic hydroxyl groups excluding tert-OH is 1. The molecule has 0 amide bonds. The van der Waals surface area contributed by atoms with Crippen molar-refractivity contribution in [1.82, 2.24) is 0 Å². The van der Waals surface area contributed by atoms with Crippen molar-refractivity contribution >= 4 is 18.0 Å². The number of hydrogen-bond donors (Lipinski definition) is 1. The van der Waals surface area contributed by atoms with Crippen LogP contribution in [0.5, 0.6) is 0 Å². The molecule has 5 aliphatic rings. The summed E-state index contributed by atoms with van der Waals surface area (Å²) in [4.78, 5) is 41.6. The van der Waals surface area contributed by atoms with Crippen LogP contribution in [0.25, 0.3) is 0 Å². The summed E-state index contributed by atoms with van der Waals surface area (Å²) in [6.07, 6.45) is 9.25. The van der Waals surface area contributed by atoms with Crippen molar-refractivity contribution < 1.29 is 24.2 Å². The van der Waals surface area contributed by atoms with E-state index in [1.807, 2.05) is 73.7 Å². The lowest BCUT2D eigenvalue weighted by Gasteiger charge is -2.70. The number of carbonyl (C=O) groups excluding carboxylic acids is 3. The zero-order chi connectivity index (χ0) is 34.3. The predicted octanol–water partition coefficient (Wildman–Crippen LogP) is 8.84. The fourth-order valence-electron chi connectivity index (χ4n) is 12.1. The molecule has 4 saturated carbocycles. The third-order valence-electron chi connectivity index (χ3n) is 15.4. The highest BCUT2D eigenvalue weighted by Gasteiger charge is 2.71. The Balaban J connectivity index is 1.23. The quantitative estimate of drug-likeness (QED) is 0.258. The predicted molar refractivity (Wildman–Crippen MR) is 187 cm³/mol. The number of carbonyl (C=O) groups is 3. The van der Waals surface area contributed by atoms with Gasteiger partial charge in [0, 0.05) is 5.92 Å². The fraction of sp³-hybridized carbons (Fsp3) is 0.605. The van der Waals surface area contributed by atoms with Gasteiger partial charge in [-0.1, -0.05) is 101 Å². The van der Waals surface area contributed by atoms with Crippen molar-refractivity contribution in [2.24, 2.45) is 50.2 Å². The van der Waals surface area contributed by atoms with Crippen LogP contribution in [-0.2, 0) is 19.1 Å². The van der Waals surface area contributed by atoms with Crippen LogP contribution in [0.1, 0.15) is 117 Å². The van der Waals surface area contributed by atoms with Crippen molar-refractivity contribution in [3.05, 3.63) is 83.4 Å². The molecule has 5 heteroatoms. The number of ether oxygens (including phenoxy) is 1. The van der Waals surface area contributed by atoms with E-state index in [-0.39, 0.29) is 51.2 Å². The molecule has 5 nitrogen and oxygen atoms in total. The number of allylic oxidation sites excluding steroid dienone is 2. The van der Waals surface area contributed by atoms with Crippen molar-refractivity contribution in [1.29, 1.82) is 0 Å². The standard InChI is InChI=1S/C43H54O5/c1-38-21-22-39(2,37(47)48-35(28-13-9-7-10-14-28)29-15-11-8-12-16-29)26-31(38)30-25-32(45)36-40(3)19-18-34(46)41(4,27-44)33(40)17-20-43(36,6)42(30,5)24-23-38/h7-16,25,27,31,33-36,46H,17-24,26H2,1-6H3/t31-,33+,34-,36+,38+,39-,40-,41-,42+,43+/m0/s1. The Kier molecular flexibility index (Phi) is 7.83. The van der Waals surface area contributed by atoms with Crippen LogP contribution in [0.4, 0.5) is 0 Å². The monoisotopic (exact) mass is 650 g/mol. The molecular formula is C43H54O5. The highest BCUT2D eigenvalue weighted by Crippen LogP contribution is 2.75. The summed E-state index contributed by atoms with van der Waals surface area (Å²) in [7, 11) is 0. The second-order valence-corrected chi connectivity index (χ2v) is 17.9. The first kappa shape index (κ1) is 33.4. The molecule has 0 aromatic heterocycles. The molecule has 0 radical (unpaired) electrons. The largest absolute Gasteiger partial charge is 0.452 e. The van der Waals surface area contributed by atoms with Gasteiger partial charge in [0.25, 0.3) is 0 Å². The lowest BCUT2D eigenvalue weighted by atomic mass is 9.33. The van der Waals surface area contributed by atoms with Gasteiger partial charge in [-0.25, -0.2) is 0 Å². The maximum atomic E-state index is 14.7. The van der Waals surface area contributed by atoms with Gasteiger partial charge in [0.2, 0.25) is 0 Å². The van der Waals surface area contributed by atoms with Gasteiger partial charge >= 0.3 is 5.97 Å². The van der Waals surface area contributed by atoms with Gasteiger partial charge in [-0.3, -0.25) is 9.59 Å². The first-order valence-corrected chi connectivity index (χ1v) is 18.4. The molecule has 0 bridgehead atoms. The van der Waals surface area contributed by atoms with Crippen LogP contribution < -0.4 is 0 Å². The summed E-state index contributed by atoms with van der Waals surface area (Å²) in [5, 5.41) is 11.0. The molecule has 10 atom stereocenters. The molecule has 7 rings (SSSR count). The summed E-state index contributed by atoms with van der Waals surface area (Å²) in [5.41, 5.74) is 0.820. The van der Waals surface area contributed by atoms with E-state index in [4.69, 9.17) is 4.74 Å². The van der Waals surface area contributed by atoms with Gasteiger partial charge in [-0.05, 0) is 115 Å². The average Bonchev–Trinajstić information content (AvgIpc) is 3.08. The summed E-state index contributed by atoms with van der Waals surface area (Å²) >= 11 is 0. The SMILES string of the molecule is C[C@]1(C(=O)OC(c2ccccc2)c2ccccc2)CC[C@]2(C)CC[C@]3(C)C(=CC(=O)[C@@H]4[C@@]5(C)CC[C@H](O)[C@@](C)(C=O)[C@@H]5CC[C@]43C)[C@@H]2C1. The van der Waals surface area contributed by atoms with Gasteiger partial charge in [-0.2, -0.15) is 0 Å². The van der Waals surface area contributed by atoms with E-state index in [0.29, 0.717) is 12.8 Å². The molecule has 0 spiro atoms. The topological polar surface area (TPSA) is 80.7 Å². The van der Waals surface area contributed by atoms with E-state index >= 15 is 0 Å². The van der Waals surface area contributed by atoms with Gasteiger partial charge in [0.15, 0.2) is 11.9 Å².